The number of thiophene rings is 1. The fourth-order valence-electron chi connectivity index (χ4n) is 6.34. The summed E-state index contributed by atoms with van der Waals surface area (Å²) in [6.07, 6.45) is 8.94. The van der Waals surface area contributed by atoms with Crippen LogP contribution < -0.4 is 5.32 Å². The highest BCUT2D eigenvalue weighted by Gasteiger charge is 2.58. The van der Waals surface area contributed by atoms with E-state index in [4.69, 9.17) is 0 Å². The zero-order valence-corrected chi connectivity index (χ0v) is 12.9. The first-order chi connectivity index (χ1) is 9.12. The van der Waals surface area contributed by atoms with Gasteiger partial charge in [0.2, 0.25) is 0 Å². The van der Waals surface area contributed by atoms with Crippen LogP contribution in [0.15, 0.2) is 17.5 Å². The summed E-state index contributed by atoms with van der Waals surface area (Å²) >= 11 is 1.94. The van der Waals surface area contributed by atoms with Crippen LogP contribution in [0, 0.1) is 22.7 Å². The lowest BCUT2D eigenvalue weighted by Gasteiger charge is -2.63. The summed E-state index contributed by atoms with van der Waals surface area (Å²) in [5.41, 5.74) is 1.20. The predicted octanol–water partition coefficient (Wildman–Crippen LogP) is 4.62. The Balaban J connectivity index is 1.73. The Bertz CT molecular complexity index is 450. The zero-order chi connectivity index (χ0) is 13.1. The van der Waals surface area contributed by atoms with E-state index in [2.05, 4.69) is 36.8 Å². The normalized spacial score (nSPS) is 45.6. The molecule has 0 amide bonds. The second-order valence-corrected chi connectivity index (χ2v) is 8.85. The quantitative estimate of drug-likeness (QED) is 0.849. The average molecular weight is 275 g/mol. The molecular weight excluding hydrogens is 250 g/mol. The molecule has 0 radical (unpaired) electrons. The summed E-state index contributed by atoms with van der Waals surface area (Å²) in [5.74, 6) is 2.03. The van der Waals surface area contributed by atoms with Gasteiger partial charge in [0, 0.05) is 10.9 Å². The van der Waals surface area contributed by atoms with Gasteiger partial charge in [-0.2, -0.15) is 0 Å². The Morgan fingerprint density at radius 1 is 1.26 bits per heavy atom. The molecule has 0 aliphatic heterocycles. The van der Waals surface area contributed by atoms with Gasteiger partial charge < -0.3 is 5.32 Å². The van der Waals surface area contributed by atoms with Gasteiger partial charge in [0.1, 0.15) is 0 Å². The molecule has 0 spiro atoms. The molecule has 4 fully saturated rings. The number of hydrogen-bond acceptors (Lipinski definition) is 2. The second kappa shape index (κ2) is 4.08. The van der Waals surface area contributed by atoms with Gasteiger partial charge in [-0.1, -0.05) is 13.0 Å². The van der Waals surface area contributed by atoms with Crippen LogP contribution in [0.4, 0.5) is 0 Å². The molecule has 1 heterocycles. The van der Waals surface area contributed by atoms with Crippen LogP contribution in [0.5, 0.6) is 0 Å². The molecule has 1 nitrogen and oxygen atoms in total. The molecule has 1 aromatic heterocycles. The summed E-state index contributed by atoms with van der Waals surface area (Å²) in [6, 6.07) is 5.15. The first kappa shape index (κ1) is 12.4. The van der Waals surface area contributed by atoms with Crippen molar-refractivity contribution in [3.63, 3.8) is 0 Å². The summed E-state index contributed by atoms with van der Waals surface area (Å²) in [7, 11) is 2.17. The SMILES string of the molecule is CNC(c1cccs1)C12CC3CC(CC(C)(C3)C1)C2. The Kier molecular flexibility index (Phi) is 2.66. The fourth-order valence-corrected chi connectivity index (χ4v) is 7.32. The molecule has 4 aliphatic rings. The van der Waals surface area contributed by atoms with Gasteiger partial charge in [-0.05, 0) is 79.7 Å². The Hall–Kier alpha value is -0.340. The van der Waals surface area contributed by atoms with Crippen LogP contribution >= 0.6 is 11.3 Å². The van der Waals surface area contributed by atoms with Gasteiger partial charge in [-0.15, -0.1) is 11.3 Å². The third-order valence-corrected chi connectivity index (χ3v) is 7.06. The van der Waals surface area contributed by atoms with Crippen LogP contribution in [0.3, 0.4) is 0 Å². The monoisotopic (exact) mass is 275 g/mol. The molecule has 4 bridgehead atoms. The van der Waals surface area contributed by atoms with Crippen molar-refractivity contribution in [1.29, 1.82) is 0 Å². The summed E-state index contributed by atoms with van der Waals surface area (Å²) in [5, 5.41) is 5.93. The van der Waals surface area contributed by atoms with Crippen LogP contribution in [-0.2, 0) is 0 Å². The summed E-state index contributed by atoms with van der Waals surface area (Å²) in [6.45, 7) is 2.57. The van der Waals surface area contributed by atoms with E-state index in [-0.39, 0.29) is 0 Å². The molecule has 4 aliphatic carbocycles. The van der Waals surface area contributed by atoms with E-state index >= 15 is 0 Å². The molecule has 3 unspecified atom stereocenters. The first-order valence-electron chi connectivity index (χ1n) is 7.83. The fraction of sp³-hybridized carbons (Fsp3) is 0.765. The predicted molar refractivity (Wildman–Crippen MR) is 81.3 cm³/mol. The van der Waals surface area contributed by atoms with Gasteiger partial charge >= 0.3 is 0 Å². The third-order valence-electron chi connectivity index (χ3n) is 6.13. The van der Waals surface area contributed by atoms with Crippen LogP contribution in [0.25, 0.3) is 0 Å². The molecular formula is C17H25NS. The van der Waals surface area contributed by atoms with Gasteiger partial charge in [0.05, 0.1) is 0 Å². The smallest absolute Gasteiger partial charge is 0.0469 e. The van der Waals surface area contributed by atoms with Gasteiger partial charge in [-0.3, -0.25) is 0 Å². The van der Waals surface area contributed by atoms with Crippen LogP contribution in [-0.4, -0.2) is 7.05 Å². The minimum atomic E-state index is 0.554. The van der Waals surface area contributed by atoms with Crippen molar-refractivity contribution in [2.24, 2.45) is 22.7 Å². The van der Waals surface area contributed by atoms with Crippen LogP contribution in [0.2, 0.25) is 0 Å². The molecule has 3 atom stereocenters. The van der Waals surface area contributed by atoms with Crippen molar-refractivity contribution in [2.45, 2.75) is 51.5 Å². The maximum Gasteiger partial charge on any atom is 0.0469 e. The average Bonchev–Trinajstić information content (AvgIpc) is 2.79. The molecule has 104 valence electrons. The molecule has 1 aromatic rings. The molecule has 2 heteroatoms. The lowest BCUT2D eigenvalue weighted by Crippen LogP contribution is -2.54. The van der Waals surface area contributed by atoms with Crippen molar-refractivity contribution >= 4 is 11.3 Å². The maximum absolute atomic E-state index is 3.69. The van der Waals surface area contributed by atoms with Gasteiger partial charge in [0.15, 0.2) is 0 Å². The third kappa shape index (κ3) is 1.83. The van der Waals surface area contributed by atoms with Crippen molar-refractivity contribution in [3.05, 3.63) is 22.4 Å². The minimum absolute atomic E-state index is 0.554. The van der Waals surface area contributed by atoms with E-state index in [1.54, 1.807) is 4.88 Å². The largest absolute Gasteiger partial charge is 0.312 e. The first-order valence-corrected chi connectivity index (χ1v) is 8.71. The maximum atomic E-state index is 3.69. The van der Waals surface area contributed by atoms with E-state index in [9.17, 15) is 0 Å². The van der Waals surface area contributed by atoms with E-state index in [1.165, 1.54) is 38.5 Å². The Morgan fingerprint density at radius 2 is 2.00 bits per heavy atom. The summed E-state index contributed by atoms with van der Waals surface area (Å²) < 4.78 is 0. The number of hydrogen-bond donors (Lipinski definition) is 1. The molecule has 0 saturated heterocycles. The van der Waals surface area contributed by atoms with E-state index in [1.807, 2.05) is 11.3 Å². The molecule has 5 rings (SSSR count). The van der Waals surface area contributed by atoms with Crippen molar-refractivity contribution in [3.8, 4) is 0 Å². The summed E-state index contributed by atoms with van der Waals surface area (Å²) in [4.78, 5) is 1.56. The minimum Gasteiger partial charge on any atom is -0.312 e. The van der Waals surface area contributed by atoms with Gasteiger partial charge in [0.25, 0.3) is 0 Å². The van der Waals surface area contributed by atoms with E-state index in [0.717, 1.165) is 11.8 Å². The van der Waals surface area contributed by atoms with Crippen LogP contribution in [0.1, 0.15) is 56.4 Å². The van der Waals surface area contributed by atoms with Crippen molar-refractivity contribution < 1.29 is 0 Å². The van der Waals surface area contributed by atoms with Crippen molar-refractivity contribution in [2.75, 3.05) is 7.05 Å². The molecule has 4 saturated carbocycles. The molecule has 1 N–H and O–H groups in total. The number of nitrogens with one attached hydrogen (secondary N) is 1. The topological polar surface area (TPSA) is 12.0 Å². The molecule has 19 heavy (non-hydrogen) atoms. The lowest BCUT2D eigenvalue weighted by atomic mass is 9.43. The molecule has 0 aromatic carbocycles. The van der Waals surface area contributed by atoms with Gasteiger partial charge in [-0.25, -0.2) is 0 Å². The highest BCUT2D eigenvalue weighted by molar-refractivity contribution is 7.10. The van der Waals surface area contributed by atoms with E-state index in [0.29, 0.717) is 16.9 Å². The van der Waals surface area contributed by atoms with E-state index < -0.39 is 0 Å². The second-order valence-electron chi connectivity index (χ2n) is 7.87. The highest BCUT2D eigenvalue weighted by atomic mass is 32.1. The Labute approximate surface area is 120 Å². The standard InChI is InChI=1S/C17H25NS/c1-16-7-12-6-13(8-16)10-17(9-12,11-16)15(18-2)14-4-3-5-19-14/h3-5,12-13,15,18H,6-11H2,1-2H3. The zero-order valence-electron chi connectivity index (χ0n) is 12.1. The number of rotatable bonds is 3. The highest BCUT2D eigenvalue weighted by Crippen LogP contribution is 2.68. The Morgan fingerprint density at radius 3 is 2.53 bits per heavy atom. The van der Waals surface area contributed by atoms with Crippen molar-refractivity contribution in [1.82, 2.24) is 5.32 Å². The lowest BCUT2D eigenvalue weighted by molar-refractivity contribution is -0.117.